The SMILES string of the molecule is CCn1ncnc1CS(=O)CCC(C)N. The number of nitrogens with zero attached hydrogens (tertiary/aromatic N) is 3. The summed E-state index contributed by atoms with van der Waals surface area (Å²) in [6.07, 6.45) is 2.29. The van der Waals surface area contributed by atoms with Gasteiger partial charge in [0.15, 0.2) is 0 Å². The van der Waals surface area contributed by atoms with Gasteiger partial charge in [-0.2, -0.15) is 5.10 Å². The molecule has 15 heavy (non-hydrogen) atoms. The van der Waals surface area contributed by atoms with Crippen molar-refractivity contribution in [2.45, 2.75) is 38.6 Å². The molecule has 0 aliphatic rings. The van der Waals surface area contributed by atoms with Crippen molar-refractivity contribution in [2.75, 3.05) is 5.75 Å². The monoisotopic (exact) mass is 230 g/mol. The molecule has 0 amide bonds. The summed E-state index contributed by atoms with van der Waals surface area (Å²) in [6.45, 7) is 4.68. The van der Waals surface area contributed by atoms with Crippen molar-refractivity contribution >= 4 is 10.8 Å². The largest absolute Gasteiger partial charge is 0.328 e. The van der Waals surface area contributed by atoms with Gasteiger partial charge in [-0.1, -0.05) is 0 Å². The zero-order chi connectivity index (χ0) is 11.3. The van der Waals surface area contributed by atoms with E-state index in [4.69, 9.17) is 5.73 Å². The summed E-state index contributed by atoms with van der Waals surface area (Å²) >= 11 is 0. The van der Waals surface area contributed by atoms with E-state index in [9.17, 15) is 4.21 Å². The van der Waals surface area contributed by atoms with Crippen molar-refractivity contribution in [3.05, 3.63) is 12.2 Å². The van der Waals surface area contributed by atoms with Crippen LogP contribution < -0.4 is 5.73 Å². The summed E-state index contributed by atoms with van der Waals surface area (Å²) in [4.78, 5) is 4.08. The molecular formula is C9H18N4OS. The van der Waals surface area contributed by atoms with Gasteiger partial charge in [-0.15, -0.1) is 0 Å². The van der Waals surface area contributed by atoms with Crippen LogP contribution in [0.2, 0.25) is 0 Å². The molecule has 0 spiro atoms. The Morgan fingerprint density at radius 1 is 1.67 bits per heavy atom. The van der Waals surface area contributed by atoms with Crippen LogP contribution in [0.25, 0.3) is 0 Å². The summed E-state index contributed by atoms with van der Waals surface area (Å²) in [5, 5.41) is 4.03. The summed E-state index contributed by atoms with van der Waals surface area (Å²) in [5.41, 5.74) is 5.60. The van der Waals surface area contributed by atoms with Crippen molar-refractivity contribution in [3.8, 4) is 0 Å². The number of nitrogens with two attached hydrogens (primary N) is 1. The van der Waals surface area contributed by atoms with E-state index in [1.165, 1.54) is 6.33 Å². The Labute approximate surface area is 92.5 Å². The highest BCUT2D eigenvalue weighted by Crippen LogP contribution is 2.01. The highest BCUT2D eigenvalue weighted by molar-refractivity contribution is 7.84. The molecule has 86 valence electrons. The molecule has 0 aliphatic carbocycles. The van der Waals surface area contributed by atoms with Crippen LogP contribution in [0, 0.1) is 0 Å². The normalized spacial score (nSPS) is 15.1. The minimum absolute atomic E-state index is 0.109. The molecule has 2 atom stereocenters. The molecule has 6 heteroatoms. The van der Waals surface area contributed by atoms with Gasteiger partial charge in [-0.05, 0) is 20.3 Å². The Balaban J connectivity index is 2.44. The van der Waals surface area contributed by atoms with E-state index in [-0.39, 0.29) is 6.04 Å². The first-order valence-electron chi connectivity index (χ1n) is 5.10. The van der Waals surface area contributed by atoms with Crippen LogP contribution in [0.5, 0.6) is 0 Å². The zero-order valence-corrected chi connectivity index (χ0v) is 10.0. The van der Waals surface area contributed by atoms with Gasteiger partial charge in [-0.25, -0.2) is 9.67 Å². The minimum atomic E-state index is -0.885. The molecule has 0 aromatic carbocycles. The Morgan fingerprint density at radius 2 is 2.40 bits per heavy atom. The first-order valence-corrected chi connectivity index (χ1v) is 6.59. The zero-order valence-electron chi connectivity index (χ0n) is 9.22. The molecule has 0 saturated heterocycles. The fourth-order valence-corrected chi connectivity index (χ4v) is 2.49. The molecule has 0 bridgehead atoms. The highest BCUT2D eigenvalue weighted by Gasteiger charge is 2.08. The maximum atomic E-state index is 11.7. The molecule has 0 aliphatic heterocycles. The van der Waals surface area contributed by atoms with Crippen LogP contribution in [0.15, 0.2) is 6.33 Å². The van der Waals surface area contributed by atoms with Gasteiger partial charge in [0.2, 0.25) is 0 Å². The Hall–Kier alpha value is -0.750. The van der Waals surface area contributed by atoms with Crippen LogP contribution in [0.1, 0.15) is 26.1 Å². The predicted octanol–water partition coefficient (Wildman–Crippen LogP) is 0.284. The van der Waals surface area contributed by atoms with Gasteiger partial charge >= 0.3 is 0 Å². The predicted molar refractivity (Wildman–Crippen MR) is 60.7 cm³/mol. The second-order valence-electron chi connectivity index (χ2n) is 3.55. The number of hydrogen-bond acceptors (Lipinski definition) is 4. The second kappa shape index (κ2) is 5.97. The van der Waals surface area contributed by atoms with Gasteiger partial charge in [0.1, 0.15) is 12.2 Å². The van der Waals surface area contributed by atoms with Crippen LogP contribution in [-0.2, 0) is 23.1 Å². The van der Waals surface area contributed by atoms with E-state index in [1.807, 2.05) is 13.8 Å². The molecule has 2 unspecified atom stereocenters. The van der Waals surface area contributed by atoms with Crippen molar-refractivity contribution < 1.29 is 4.21 Å². The van der Waals surface area contributed by atoms with E-state index >= 15 is 0 Å². The second-order valence-corrected chi connectivity index (χ2v) is 5.12. The van der Waals surface area contributed by atoms with Crippen LogP contribution >= 0.6 is 0 Å². The van der Waals surface area contributed by atoms with Gasteiger partial charge < -0.3 is 5.73 Å². The maximum absolute atomic E-state index is 11.7. The topological polar surface area (TPSA) is 73.8 Å². The third-order valence-corrected chi connectivity index (χ3v) is 3.36. The lowest BCUT2D eigenvalue weighted by Crippen LogP contribution is -2.19. The molecular weight excluding hydrogens is 212 g/mol. The number of hydrogen-bond donors (Lipinski definition) is 1. The third kappa shape index (κ3) is 4.09. The van der Waals surface area contributed by atoms with E-state index in [0.29, 0.717) is 11.5 Å². The average Bonchev–Trinajstić information content (AvgIpc) is 2.62. The van der Waals surface area contributed by atoms with Gasteiger partial charge in [-0.3, -0.25) is 4.21 Å². The third-order valence-electron chi connectivity index (χ3n) is 2.09. The molecule has 0 saturated carbocycles. The Kier molecular flexibility index (Phi) is 4.90. The molecule has 1 aromatic rings. The van der Waals surface area contributed by atoms with Crippen molar-refractivity contribution in [2.24, 2.45) is 5.73 Å². The number of aromatic nitrogens is 3. The standard InChI is InChI=1S/C9H18N4OS/c1-3-13-9(11-7-12-13)6-15(14)5-4-8(2)10/h7-8H,3-6,10H2,1-2H3. The Morgan fingerprint density at radius 3 is 3.00 bits per heavy atom. The molecule has 1 rings (SSSR count). The van der Waals surface area contributed by atoms with Crippen molar-refractivity contribution in [1.82, 2.24) is 14.8 Å². The van der Waals surface area contributed by atoms with E-state index in [1.54, 1.807) is 4.68 Å². The number of rotatable bonds is 6. The summed E-state index contributed by atoms with van der Waals surface area (Å²) in [7, 11) is -0.885. The van der Waals surface area contributed by atoms with E-state index in [0.717, 1.165) is 18.8 Å². The van der Waals surface area contributed by atoms with Crippen LogP contribution in [-0.4, -0.2) is 30.8 Å². The lowest BCUT2D eigenvalue weighted by atomic mass is 10.3. The van der Waals surface area contributed by atoms with Gasteiger partial charge in [0.25, 0.3) is 0 Å². The van der Waals surface area contributed by atoms with Gasteiger partial charge in [0.05, 0.1) is 5.75 Å². The first kappa shape index (κ1) is 12.3. The summed E-state index contributed by atoms with van der Waals surface area (Å²) in [6, 6.07) is 0.109. The van der Waals surface area contributed by atoms with Crippen molar-refractivity contribution in [3.63, 3.8) is 0 Å². The quantitative estimate of drug-likeness (QED) is 0.762. The van der Waals surface area contributed by atoms with Gasteiger partial charge in [0, 0.05) is 29.1 Å². The molecule has 5 nitrogen and oxygen atoms in total. The molecule has 0 radical (unpaired) electrons. The van der Waals surface area contributed by atoms with E-state index < -0.39 is 10.8 Å². The highest BCUT2D eigenvalue weighted by atomic mass is 32.2. The molecule has 1 aromatic heterocycles. The average molecular weight is 230 g/mol. The fourth-order valence-electron chi connectivity index (χ4n) is 1.20. The lowest BCUT2D eigenvalue weighted by molar-refractivity contribution is 0.625. The smallest absolute Gasteiger partial charge is 0.139 e. The first-order chi connectivity index (χ1) is 7.13. The van der Waals surface area contributed by atoms with E-state index in [2.05, 4.69) is 10.1 Å². The Bertz CT molecular complexity index is 324. The maximum Gasteiger partial charge on any atom is 0.139 e. The fraction of sp³-hybridized carbons (Fsp3) is 0.778. The number of aryl methyl sites for hydroxylation is 1. The van der Waals surface area contributed by atoms with Crippen molar-refractivity contribution in [1.29, 1.82) is 0 Å². The van der Waals surface area contributed by atoms with Crippen LogP contribution in [0.3, 0.4) is 0 Å². The summed E-state index contributed by atoms with van der Waals surface area (Å²) < 4.78 is 13.4. The molecule has 0 fully saturated rings. The molecule has 2 N–H and O–H groups in total. The molecule has 1 heterocycles. The lowest BCUT2D eigenvalue weighted by Gasteiger charge is -2.05. The van der Waals surface area contributed by atoms with Crippen LogP contribution in [0.4, 0.5) is 0 Å². The minimum Gasteiger partial charge on any atom is -0.328 e. The summed E-state index contributed by atoms with van der Waals surface area (Å²) in [5.74, 6) is 1.90.